The van der Waals surface area contributed by atoms with Crippen LogP contribution in [0.5, 0.6) is 0 Å². The minimum Gasteiger partial charge on any atom is -0.368 e. The van der Waals surface area contributed by atoms with Gasteiger partial charge in [-0.15, -0.1) is 0 Å². The molecule has 7 nitrogen and oxygen atoms in total. The van der Waals surface area contributed by atoms with Gasteiger partial charge in [-0.05, 0) is 18.8 Å². The highest BCUT2D eigenvalue weighted by Crippen LogP contribution is 2.23. The van der Waals surface area contributed by atoms with Gasteiger partial charge in [-0.1, -0.05) is 0 Å². The lowest BCUT2D eigenvalue weighted by molar-refractivity contribution is 0.0998. The third-order valence-corrected chi connectivity index (χ3v) is 4.60. The molecule has 26 heavy (non-hydrogen) atoms. The fourth-order valence-corrected chi connectivity index (χ4v) is 3.22. The number of benzene rings is 1. The number of hydrogen-bond acceptors (Lipinski definition) is 5. The Balaban J connectivity index is 1.47. The highest BCUT2D eigenvalue weighted by Gasteiger charge is 2.24. The van der Waals surface area contributed by atoms with E-state index in [1.807, 2.05) is 4.68 Å². The van der Waals surface area contributed by atoms with E-state index < -0.39 is 17.5 Å². The number of fused-ring (bicyclic) bond motifs is 2. The number of rotatable bonds is 4. The number of hydrogen-bond donors (Lipinski definition) is 2. The van der Waals surface area contributed by atoms with E-state index >= 15 is 0 Å². The van der Waals surface area contributed by atoms with E-state index in [1.165, 1.54) is 12.4 Å². The number of amides is 1. The molecule has 4 rings (SSSR count). The van der Waals surface area contributed by atoms with E-state index in [0.717, 1.165) is 24.2 Å². The number of halogens is 2. The lowest BCUT2D eigenvalue weighted by Gasteiger charge is -2.24. The number of aryl methyl sites for hydroxylation is 1. The van der Waals surface area contributed by atoms with Gasteiger partial charge < -0.3 is 11.1 Å². The Kier molecular flexibility index (Phi) is 3.98. The molecule has 0 saturated heterocycles. The van der Waals surface area contributed by atoms with Gasteiger partial charge in [0.1, 0.15) is 5.82 Å². The van der Waals surface area contributed by atoms with Crippen LogP contribution in [-0.4, -0.2) is 32.2 Å². The maximum atomic E-state index is 13.4. The molecule has 3 heterocycles. The molecule has 1 aliphatic heterocycles. The van der Waals surface area contributed by atoms with Gasteiger partial charge in [-0.2, -0.15) is 5.10 Å². The Labute approximate surface area is 147 Å². The molecule has 1 atom stereocenters. The van der Waals surface area contributed by atoms with Gasteiger partial charge in [0.2, 0.25) is 0 Å². The Hall–Kier alpha value is -3.10. The van der Waals surface area contributed by atoms with Crippen molar-refractivity contribution >= 4 is 22.8 Å². The SMILES string of the molecule is NC(=O)c1cnn2c1C[C@@H](CNc1cnc3cc(F)c(F)cc3n1)CC2. The number of nitrogens with one attached hydrogen (secondary N) is 1. The second-order valence-corrected chi connectivity index (χ2v) is 6.34. The van der Waals surface area contributed by atoms with E-state index in [1.54, 1.807) is 0 Å². The zero-order chi connectivity index (χ0) is 18.3. The lowest BCUT2D eigenvalue weighted by atomic mass is 9.94. The van der Waals surface area contributed by atoms with Crippen LogP contribution in [0.25, 0.3) is 11.0 Å². The van der Waals surface area contributed by atoms with Crippen molar-refractivity contribution in [1.82, 2.24) is 19.7 Å². The number of nitrogens with zero attached hydrogens (tertiary/aromatic N) is 4. The van der Waals surface area contributed by atoms with Crippen LogP contribution in [0.4, 0.5) is 14.6 Å². The van der Waals surface area contributed by atoms with Gasteiger partial charge in [-0.25, -0.2) is 13.8 Å². The van der Waals surface area contributed by atoms with Crippen LogP contribution in [0.1, 0.15) is 22.5 Å². The number of anilines is 1. The molecule has 0 fully saturated rings. The van der Waals surface area contributed by atoms with Crippen LogP contribution in [0.3, 0.4) is 0 Å². The van der Waals surface area contributed by atoms with Crippen LogP contribution in [0.2, 0.25) is 0 Å². The smallest absolute Gasteiger partial charge is 0.252 e. The van der Waals surface area contributed by atoms with Gasteiger partial charge >= 0.3 is 0 Å². The van der Waals surface area contributed by atoms with Crippen molar-refractivity contribution < 1.29 is 13.6 Å². The number of aromatic nitrogens is 4. The van der Waals surface area contributed by atoms with Crippen molar-refractivity contribution in [1.29, 1.82) is 0 Å². The maximum absolute atomic E-state index is 13.4. The molecule has 1 amide bonds. The Morgan fingerprint density at radius 1 is 1.27 bits per heavy atom. The summed E-state index contributed by atoms with van der Waals surface area (Å²) in [6.07, 6.45) is 4.56. The summed E-state index contributed by atoms with van der Waals surface area (Å²) < 4.78 is 28.4. The molecule has 3 aromatic rings. The average Bonchev–Trinajstić information content (AvgIpc) is 3.04. The Bertz CT molecular complexity index is 1000. The third kappa shape index (κ3) is 2.96. The largest absolute Gasteiger partial charge is 0.368 e. The van der Waals surface area contributed by atoms with E-state index in [4.69, 9.17) is 5.73 Å². The van der Waals surface area contributed by atoms with E-state index in [9.17, 15) is 13.6 Å². The second-order valence-electron chi connectivity index (χ2n) is 6.34. The van der Waals surface area contributed by atoms with E-state index in [-0.39, 0.29) is 11.4 Å². The first-order chi connectivity index (χ1) is 12.5. The first-order valence-electron chi connectivity index (χ1n) is 8.21. The zero-order valence-electron chi connectivity index (χ0n) is 13.7. The van der Waals surface area contributed by atoms with Crippen molar-refractivity contribution in [2.45, 2.75) is 19.4 Å². The minimum absolute atomic E-state index is 0.264. The molecule has 9 heteroatoms. The molecule has 0 spiro atoms. The van der Waals surface area contributed by atoms with Gasteiger partial charge in [0.15, 0.2) is 11.6 Å². The Morgan fingerprint density at radius 3 is 2.81 bits per heavy atom. The van der Waals surface area contributed by atoms with Gasteiger partial charge in [-0.3, -0.25) is 14.5 Å². The summed E-state index contributed by atoms with van der Waals surface area (Å²) in [5.74, 6) is -1.63. The topological polar surface area (TPSA) is 98.7 Å². The molecule has 0 saturated carbocycles. The van der Waals surface area contributed by atoms with Crippen LogP contribution in [0, 0.1) is 17.6 Å². The van der Waals surface area contributed by atoms with E-state index in [2.05, 4.69) is 20.4 Å². The van der Waals surface area contributed by atoms with Gasteiger partial charge in [0, 0.05) is 25.2 Å². The van der Waals surface area contributed by atoms with Crippen molar-refractivity contribution in [2.75, 3.05) is 11.9 Å². The fraction of sp³-hybridized carbons (Fsp3) is 0.294. The second kappa shape index (κ2) is 6.32. The number of nitrogens with two attached hydrogens (primary N) is 1. The molecular weight excluding hydrogens is 342 g/mol. The fourth-order valence-electron chi connectivity index (χ4n) is 3.22. The molecule has 0 unspecified atom stereocenters. The quantitative estimate of drug-likeness (QED) is 0.742. The number of carbonyl (C=O) groups excluding carboxylic acids is 1. The molecule has 134 valence electrons. The minimum atomic E-state index is -0.955. The van der Waals surface area contributed by atoms with Gasteiger partial charge in [0.25, 0.3) is 5.91 Å². The first kappa shape index (κ1) is 16.4. The molecular formula is C17H16F2N6O. The first-order valence-corrected chi connectivity index (χ1v) is 8.21. The molecule has 1 aliphatic rings. The molecule has 0 aliphatic carbocycles. The van der Waals surface area contributed by atoms with Crippen molar-refractivity contribution in [3.63, 3.8) is 0 Å². The van der Waals surface area contributed by atoms with Crippen LogP contribution < -0.4 is 11.1 Å². The van der Waals surface area contributed by atoms with Crippen LogP contribution >= 0.6 is 0 Å². The van der Waals surface area contributed by atoms with Crippen molar-refractivity contribution in [3.8, 4) is 0 Å². The third-order valence-electron chi connectivity index (χ3n) is 4.60. The predicted octanol–water partition coefficient (Wildman–Crippen LogP) is 1.88. The Morgan fingerprint density at radius 2 is 2.04 bits per heavy atom. The number of carbonyl (C=O) groups is 1. The van der Waals surface area contributed by atoms with Gasteiger partial charge in [0.05, 0.1) is 34.7 Å². The normalized spacial score (nSPS) is 16.5. The molecule has 0 radical (unpaired) electrons. The molecule has 1 aromatic carbocycles. The molecule has 2 aromatic heterocycles. The lowest BCUT2D eigenvalue weighted by Crippen LogP contribution is -2.27. The molecule has 3 N–H and O–H groups in total. The standard InChI is InChI=1S/C17H16F2N6O/c18-11-4-13-14(5-12(11)19)24-16(8-21-13)22-6-9-1-2-25-15(3-9)10(7-23-25)17(20)26/h4-5,7-9H,1-3,6H2,(H2,20,26)(H,22,24)/t9-/m0/s1. The summed E-state index contributed by atoms with van der Waals surface area (Å²) in [6, 6.07) is 2.05. The van der Waals surface area contributed by atoms with Crippen LogP contribution in [0.15, 0.2) is 24.5 Å². The summed E-state index contributed by atoms with van der Waals surface area (Å²) in [6.45, 7) is 1.32. The summed E-state index contributed by atoms with van der Waals surface area (Å²) in [4.78, 5) is 19.8. The average molecular weight is 358 g/mol. The van der Waals surface area contributed by atoms with Crippen molar-refractivity contribution in [3.05, 3.63) is 47.4 Å². The summed E-state index contributed by atoms with van der Waals surface area (Å²) in [5, 5.41) is 7.36. The maximum Gasteiger partial charge on any atom is 0.252 e. The highest BCUT2D eigenvalue weighted by molar-refractivity contribution is 5.93. The monoisotopic (exact) mass is 358 g/mol. The summed E-state index contributed by atoms with van der Waals surface area (Å²) in [5.41, 5.74) is 7.26. The zero-order valence-corrected chi connectivity index (χ0v) is 13.7. The van der Waals surface area contributed by atoms with Crippen LogP contribution in [-0.2, 0) is 13.0 Å². The summed E-state index contributed by atoms with van der Waals surface area (Å²) in [7, 11) is 0. The predicted molar refractivity (Wildman–Crippen MR) is 90.5 cm³/mol. The molecule has 0 bridgehead atoms. The van der Waals surface area contributed by atoms with E-state index in [0.29, 0.717) is 36.4 Å². The highest BCUT2D eigenvalue weighted by atomic mass is 19.2. The number of primary amides is 1. The summed E-state index contributed by atoms with van der Waals surface area (Å²) >= 11 is 0. The van der Waals surface area contributed by atoms with Crippen molar-refractivity contribution in [2.24, 2.45) is 11.7 Å².